The molecule has 1 aromatic heterocycles. The van der Waals surface area contributed by atoms with Crippen molar-refractivity contribution in [3.63, 3.8) is 0 Å². The Bertz CT molecular complexity index is 490. The van der Waals surface area contributed by atoms with Gasteiger partial charge in [-0.3, -0.25) is 4.79 Å². The Kier molecular flexibility index (Phi) is 6.58. The molecular weight excluding hydrogens is 292 g/mol. The molecule has 5 nitrogen and oxygen atoms in total. The lowest BCUT2D eigenvalue weighted by Crippen LogP contribution is -2.41. The topological polar surface area (TPSA) is 71.5 Å². The van der Waals surface area contributed by atoms with E-state index in [1.54, 1.807) is 20.1 Å². The lowest BCUT2D eigenvalue weighted by molar-refractivity contribution is 0.0243. The van der Waals surface area contributed by atoms with Gasteiger partial charge in [-0.05, 0) is 25.0 Å². The number of methoxy groups -OCH3 is 1. The van der Waals surface area contributed by atoms with Crippen LogP contribution >= 0.6 is 11.6 Å². The molecule has 21 heavy (non-hydrogen) atoms. The third-order valence-electron chi connectivity index (χ3n) is 3.14. The Labute approximate surface area is 130 Å². The maximum Gasteiger partial charge on any atom is 0.251 e. The van der Waals surface area contributed by atoms with E-state index in [0.717, 1.165) is 5.69 Å². The highest BCUT2D eigenvalue weighted by molar-refractivity contribution is 6.29. The number of carbonyl (C=O) groups is 1. The standard InChI is InChI=1S/C15H23ClN2O3/c1-10(2)12-7-11(8-13(16)18-12)14(19)17-9-15(3,20)5-6-21-4/h7-8,10,20H,5-6,9H2,1-4H3,(H,17,19). The summed E-state index contributed by atoms with van der Waals surface area (Å²) in [4.78, 5) is 16.3. The van der Waals surface area contributed by atoms with Crippen LogP contribution in [0.2, 0.25) is 5.15 Å². The largest absolute Gasteiger partial charge is 0.388 e. The summed E-state index contributed by atoms with van der Waals surface area (Å²) >= 11 is 5.94. The fraction of sp³-hybridized carbons (Fsp3) is 0.600. The molecule has 1 atom stereocenters. The number of aliphatic hydroxyl groups is 1. The number of ether oxygens (including phenoxy) is 1. The van der Waals surface area contributed by atoms with E-state index < -0.39 is 5.60 Å². The van der Waals surface area contributed by atoms with Crippen molar-refractivity contribution in [2.75, 3.05) is 20.3 Å². The molecule has 1 rings (SSSR count). The van der Waals surface area contributed by atoms with Crippen LogP contribution in [-0.2, 0) is 4.74 Å². The maximum absolute atomic E-state index is 12.2. The van der Waals surface area contributed by atoms with E-state index in [2.05, 4.69) is 10.3 Å². The summed E-state index contributed by atoms with van der Waals surface area (Å²) in [6, 6.07) is 3.24. The molecule has 0 aromatic carbocycles. The summed E-state index contributed by atoms with van der Waals surface area (Å²) in [6.07, 6.45) is 0.443. The van der Waals surface area contributed by atoms with Crippen molar-refractivity contribution < 1.29 is 14.6 Å². The Balaban J connectivity index is 2.72. The van der Waals surface area contributed by atoms with Gasteiger partial charge in [-0.1, -0.05) is 25.4 Å². The molecule has 0 fully saturated rings. The van der Waals surface area contributed by atoms with Gasteiger partial charge in [-0.15, -0.1) is 0 Å². The zero-order chi connectivity index (χ0) is 16.0. The van der Waals surface area contributed by atoms with E-state index in [9.17, 15) is 9.90 Å². The predicted octanol–water partition coefficient (Wildman–Crippen LogP) is 2.38. The molecule has 0 saturated carbocycles. The fourth-order valence-electron chi connectivity index (χ4n) is 1.73. The third-order valence-corrected chi connectivity index (χ3v) is 3.34. The molecule has 0 radical (unpaired) electrons. The Hall–Kier alpha value is -1.17. The average molecular weight is 315 g/mol. The summed E-state index contributed by atoms with van der Waals surface area (Å²) < 4.78 is 4.93. The van der Waals surface area contributed by atoms with Crippen molar-refractivity contribution in [3.8, 4) is 0 Å². The molecule has 0 aliphatic heterocycles. The number of hydrogen-bond donors (Lipinski definition) is 2. The lowest BCUT2D eigenvalue weighted by atomic mass is 10.0. The molecule has 0 aliphatic rings. The summed E-state index contributed by atoms with van der Waals surface area (Å²) in [5.74, 6) is -0.0982. The second-order valence-corrected chi connectivity index (χ2v) is 6.07. The number of halogens is 1. The normalized spacial score (nSPS) is 14.0. The highest BCUT2D eigenvalue weighted by Crippen LogP contribution is 2.18. The third kappa shape index (κ3) is 5.99. The first-order chi connectivity index (χ1) is 9.75. The van der Waals surface area contributed by atoms with Crippen LogP contribution in [0.4, 0.5) is 0 Å². The minimum atomic E-state index is -1.01. The van der Waals surface area contributed by atoms with Gasteiger partial charge in [0.2, 0.25) is 0 Å². The Morgan fingerprint density at radius 3 is 2.76 bits per heavy atom. The number of rotatable bonds is 7. The van der Waals surface area contributed by atoms with Crippen molar-refractivity contribution in [2.45, 2.75) is 38.7 Å². The van der Waals surface area contributed by atoms with Crippen LogP contribution in [0.3, 0.4) is 0 Å². The lowest BCUT2D eigenvalue weighted by Gasteiger charge is -2.23. The summed E-state index contributed by atoms with van der Waals surface area (Å²) in [6.45, 7) is 6.20. The molecular formula is C15H23ClN2O3. The number of carbonyl (C=O) groups excluding carboxylic acids is 1. The number of hydrogen-bond acceptors (Lipinski definition) is 4. The van der Waals surface area contributed by atoms with Crippen molar-refractivity contribution in [3.05, 3.63) is 28.5 Å². The monoisotopic (exact) mass is 314 g/mol. The van der Waals surface area contributed by atoms with E-state index >= 15 is 0 Å². The van der Waals surface area contributed by atoms with Crippen LogP contribution in [-0.4, -0.2) is 41.9 Å². The highest BCUT2D eigenvalue weighted by Gasteiger charge is 2.21. The highest BCUT2D eigenvalue weighted by atomic mass is 35.5. The van der Waals surface area contributed by atoms with E-state index in [1.165, 1.54) is 6.07 Å². The molecule has 0 bridgehead atoms. The van der Waals surface area contributed by atoms with Gasteiger partial charge in [0.25, 0.3) is 5.91 Å². The molecule has 2 N–H and O–H groups in total. The van der Waals surface area contributed by atoms with Crippen LogP contribution in [0.25, 0.3) is 0 Å². The minimum Gasteiger partial charge on any atom is -0.388 e. The number of aromatic nitrogens is 1. The van der Waals surface area contributed by atoms with Gasteiger partial charge >= 0.3 is 0 Å². The first kappa shape index (κ1) is 17.9. The van der Waals surface area contributed by atoms with Crippen LogP contribution in [0.5, 0.6) is 0 Å². The van der Waals surface area contributed by atoms with Crippen molar-refractivity contribution >= 4 is 17.5 Å². The minimum absolute atomic E-state index is 0.145. The Morgan fingerprint density at radius 1 is 1.52 bits per heavy atom. The van der Waals surface area contributed by atoms with Crippen LogP contribution in [0.1, 0.15) is 49.2 Å². The molecule has 0 saturated heterocycles. The molecule has 1 aromatic rings. The van der Waals surface area contributed by atoms with Gasteiger partial charge in [0.15, 0.2) is 0 Å². The van der Waals surface area contributed by atoms with Crippen molar-refractivity contribution in [2.24, 2.45) is 0 Å². The van der Waals surface area contributed by atoms with Gasteiger partial charge in [0, 0.05) is 37.9 Å². The van der Waals surface area contributed by atoms with E-state index in [0.29, 0.717) is 18.6 Å². The van der Waals surface area contributed by atoms with Gasteiger partial charge in [-0.2, -0.15) is 0 Å². The first-order valence-electron chi connectivity index (χ1n) is 6.92. The predicted molar refractivity (Wildman–Crippen MR) is 82.8 cm³/mol. The quantitative estimate of drug-likeness (QED) is 0.758. The number of amides is 1. The van der Waals surface area contributed by atoms with Gasteiger partial charge in [-0.25, -0.2) is 4.98 Å². The van der Waals surface area contributed by atoms with E-state index in [-0.39, 0.29) is 23.5 Å². The molecule has 0 spiro atoms. The van der Waals surface area contributed by atoms with E-state index in [1.807, 2.05) is 13.8 Å². The van der Waals surface area contributed by atoms with Crippen LogP contribution in [0.15, 0.2) is 12.1 Å². The fourth-order valence-corrected chi connectivity index (χ4v) is 1.94. The second-order valence-electron chi connectivity index (χ2n) is 5.68. The van der Waals surface area contributed by atoms with Crippen LogP contribution < -0.4 is 5.32 Å². The molecule has 1 heterocycles. The zero-order valence-corrected chi connectivity index (χ0v) is 13.7. The molecule has 118 valence electrons. The maximum atomic E-state index is 12.2. The number of nitrogens with zero attached hydrogens (tertiary/aromatic N) is 1. The molecule has 6 heteroatoms. The van der Waals surface area contributed by atoms with Crippen molar-refractivity contribution in [1.82, 2.24) is 10.3 Å². The Morgan fingerprint density at radius 2 is 2.19 bits per heavy atom. The van der Waals surface area contributed by atoms with Gasteiger partial charge < -0.3 is 15.2 Å². The molecule has 1 amide bonds. The van der Waals surface area contributed by atoms with Gasteiger partial charge in [0.05, 0.1) is 5.60 Å². The number of pyridine rings is 1. The second kappa shape index (κ2) is 7.73. The summed E-state index contributed by atoms with van der Waals surface area (Å²) in [7, 11) is 1.57. The molecule has 0 aliphatic carbocycles. The van der Waals surface area contributed by atoms with Crippen LogP contribution in [0, 0.1) is 0 Å². The molecule has 1 unspecified atom stereocenters. The average Bonchev–Trinajstić information content (AvgIpc) is 2.42. The summed E-state index contributed by atoms with van der Waals surface area (Å²) in [5, 5.41) is 13.1. The summed E-state index contributed by atoms with van der Waals surface area (Å²) in [5.41, 5.74) is 0.198. The first-order valence-corrected chi connectivity index (χ1v) is 7.30. The smallest absolute Gasteiger partial charge is 0.251 e. The number of nitrogens with one attached hydrogen (secondary N) is 1. The zero-order valence-electron chi connectivity index (χ0n) is 12.9. The van der Waals surface area contributed by atoms with E-state index in [4.69, 9.17) is 16.3 Å². The van der Waals surface area contributed by atoms with Gasteiger partial charge in [0.1, 0.15) is 5.15 Å². The SMILES string of the molecule is COCCC(C)(O)CNC(=O)c1cc(Cl)nc(C(C)C)c1. The van der Waals surface area contributed by atoms with Crippen molar-refractivity contribution in [1.29, 1.82) is 0 Å².